The fourth-order valence-corrected chi connectivity index (χ4v) is 2.29. The van der Waals surface area contributed by atoms with Gasteiger partial charge in [0.05, 0.1) is 11.6 Å². The molecule has 2 aromatic carbocycles. The van der Waals surface area contributed by atoms with Crippen LogP contribution < -0.4 is 5.73 Å². The Labute approximate surface area is 103 Å². The zero-order valence-electron chi connectivity index (χ0n) is 8.85. The molecule has 2 nitrogen and oxygen atoms in total. The zero-order chi connectivity index (χ0) is 12.3. The van der Waals surface area contributed by atoms with E-state index in [1.54, 1.807) is 30.3 Å². The zero-order valence-corrected chi connectivity index (χ0v) is 9.67. The lowest BCUT2D eigenvalue weighted by Crippen LogP contribution is -1.89. The quantitative estimate of drug-likeness (QED) is 0.823. The maximum Gasteiger partial charge on any atom is 0.124 e. The summed E-state index contributed by atoms with van der Waals surface area (Å²) in [6.45, 7) is 0. The molecule has 2 N–H and O–H groups in total. The van der Waals surface area contributed by atoms with E-state index in [-0.39, 0.29) is 5.82 Å². The minimum atomic E-state index is -0.287. The Morgan fingerprint density at radius 3 is 2.71 bits per heavy atom. The Morgan fingerprint density at radius 2 is 2.00 bits per heavy atom. The maximum absolute atomic E-state index is 13.0. The van der Waals surface area contributed by atoms with Crippen molar-refractivity contribution in [3.05, 3.63) is 53.8 Å². The lowest BCUT2D eigenvalue weighted by molar-refractivity contribution is 0.624. The number of nitrogens with two attached hydrogens (primary N) is 1. The van der Waals surface area contributed by atoms with E-state index in [9.17, 15) is 4.39 Å². The number of benzene rings is 2. The molecule has 0 radical (unpaired) electrons. The molecule has 0 aliphatic carbocycles. The highest BCUT2D eigenvalue weighted by atomic mass is 32.2. The third-order valence-corrected chi connectivity index (χ3v) is 3.23. The normalized spacial score (nSPS) is 9.88. The van der Waals surface area contributed by atoms with E-state index < -0.39 is 0 Å². The van der Waals surface area contributed by atoms with Gasteiger partial charge < -0.3 is 5.73 Å². The molecular weight excluding hydrogens is 235 g/mol. The number of anilines is 1. The first-order valence-electron chi connectivity index (χ1n) is 4.92. The first-order valence-corrected chi connectivity index (χ1v) is 5.74. The SMILES string of the molecule is N#Cc1ccc(N)c(Sc2cccc(F)c2)c1. The summed E-state index contributed by atoms with van der Waals surface area (Å²) < 4.78 is 13.0. The summed E-state index contributed by atoms with van der Waals surface area (Å²) >= 11 is 1.34. The van der Waals surface area contributed by atoms with Crippen LogP contribution in [0.3, 0.4) is 0 Å². The van der Waals surface area contributed by atoms with Crippen molar-refractivity contribution >= 4 is 17.4 Å². The molecule has 0 saturated carbocycles. The molecule has 84 valence electrons. The van der Waals surface area contributed by atoms with Crippen molar-refractivity contribution in [2.45, 2.75) is 9.79 Å². The van der Waals surface area contributed by atoms with E-state index in [1.165, 1.54) is 23.9 Å². The number of nitrogen functional groups attached to an aromatic ring is 1. The van der Waals surface area contributed by atoms with Crippen LogP contribution in [0.5, 0.6) is 0 Å². The molecule has 0 aliphatic heterocycles. The molecule has 0 atom stereocenters. The Kier molecular flexibility index (Phi) is 3.31. The van der Waals surface area contributed by atoms with Crippen molar-refractivity contribution < 1.29 is 4.39 Å². The second kappa shape index (κ2) is 4.89. The van der Waals surface area contributed by atoms with E-state index >= 15 is 0 Å². The molecule has 4 heteroatoms. The molecule has 2 rings (SSSR count). The van der Waals surface area contributed by atoms with Gasteiger partial charge in [0.15, 0.2) is 0 Å². The molecule has 0 aromatic heterocycles. The summed E-state index contributed by atoms with van der Waals surface area (Å²) in [5, 5.41) is 8.80. The fraction of sp³-hybridized carbons (Fsp3) is 0. The smallest absolute Gasteiger partial charge is 0.124 e. The van der Waals surface area contributed by atoms with Crippen LogP contribution in [0, 0.1) is 17.1 Å². The summed E-state index contributed by atoms with van der Waals surface area (Å²) in [6.07, 6.45) is 0. The molecule has 0 heterocycles. The van der Waals surface area contributed by atoms with Crippen molar-refractivity contribution in [3.63, 3.8) is 0 Å². The van der Waals surface area contributed by atoms with Crippen molar-refractivity contribution in [1.29, 1.82) is 5.26 Å². The minimum absolute atomic E-state index is 0.287. The Morgan fingerprint density at radius 1 is 1.18 bits per heavy atom. The number of halogens is 1. The van der Waals surface area contributed by atoms with Crippen LogP contribution in [0.15, 0.2) is 52.3 Å². The van der Waals surface area contributed by atoms with Gasteiger partial charge in [0, 0.05) is 15.5 Å². The Hall–Kier alpha value is -1.99. The van der Waals surface area contributed by atoms with Crippen LogP contribution in [0.2, 0.25) is 0 Å². The number of nitriles is 1. The number of hydrogen-bond acceptors (Lipinski definition) is 3. The lowest BCUT2D eigenvalue weighted by atomic mass is 10.2. The van der Waals surface area contributed by atoms with Gasteiger partial charge in [-0.2, -0.15) is 5.26 Å². The van der Waals surface area contributed by atoms with Crippen molar-refractivity contribution in [2.75, 3.05) is 5.73 Å². The highest BCUT2D eigenvalue weighted by Crippen LogP contribution is 2.32. The molecule has 0 fully saturated rings. The van der Waals surface area contributed by atoms with Gasteiger partial charge in [-0.25, -0.2) is 4.39 Å². The van der Waals surface area contributed by atoms with Gasteiger partial charge >= 0.3 is 0 Å². The van der Waals surface area contributed by atoms with Crippen molar-refractivity contribution in [2.24, 2.45) is 0 Å². The lowest BCUT2D eigenvalue weighted by Gasteiger charge is -2.05. The maximum atomic E-state index is 13.0. The number of hydrogen-bond donors (Lipinski definition) is 1. The predicted octanol–water partition coefficient (Wildman–Crippen LogP) is 3.43. The molecule has 2 aromatic rings. The molecule has 0 spiro atoms. The molecule has 0 unspecified atom stereocenters. The topological polar surface area (TPSA) is 49.8 Å². The van der Waals surface area contributed by atoms with E-state index in [4.69, 9.17) is 11.0 Å². The molecule has 0 amide bonds. The van der Waals surface area contributed by atoms with Crippen LogP contribution in [-0.4, -0.2) is 0 Å². The van der Waals surface area contributed by atoms with Crippen LogP contribution in [0.1, 0.15) is 5.56 Å². The molecule has 17 heavy (non-hydrogen) atoms. The van der Waals surface area contributed by atoms with Gasteiger partial charge in [0.1, 0.15) is 5.82 Å². The molecule has 0 aliphatic rings. The summed E-state index contributed by atoms with van der Waals surface area (Å²) in [7, 11) is 0. The van der Waals surface area contributed by atoms with Gasteiger partial charge in [-0.15, -0.1) is 0 Å². The van der Waals surface area contributed by atoms with E-state index in [0.717, 1.165) is 9.79 Å². The van der Waals surface area contributed by atoms with E-state index in [2.05, 4.69) is 0 Å². The van der Waals surface area contributed by atoms with Crippen LogP contribution in [-0.2, 0) is 0 Å². The standard InChI is InChI=1S/C13H9FN2S/c14-10-2-1-3-11(7-10)17-13-6-9(8-15)4-5-12(13)16/h1-7H,16H2. The van der Waals surface area contributed by atoms with Gasteiger partial charge in [-0.3, -0.25) is 0 Å². The van der Waals surface area contributed by atoms with Crippen LogP contribution in [0.4, 0.5) is 10.1 Å². The summed E-state index contributed by atoms with van der Waals surface area (Å²) in [5.41, 5.74) is 6.93. The van der Waals surface area contributed by atoms with Crippen molar-refractivity contribution in [1.82, 2.24) is 0 Å². The van der Waals surface area contributed by atoms with Crippen molar-refractivity contribution in [3.8, 4) is 6.07 Å². The summed E-state index contributed by atoms with van der Waals surface area (Å²) in [4.78, 5) is 1.52. The first kappa shape index (κ1) is 11.5. The largest absolute Gasteiger partial charge is 0.398 e. The van der Waals surface area contributed by atoms with Gasteiger partial charge in [-0.05, 0) is 36.4 Å². The Bertz CT molecular complexity index is 590. The molecule has 0 saturated heterocycles. The Balaban J connectivity index is 2.33. The first-order chi connectivity index (χ1) is 8.19. The summed E-state index contributed by atoms with van der Waals surface area (Å²) in [6, 6.07) is 13.3. The van der Waals surface area contributed by atoms with Crippen LogP contribution in [0.25, 0.3) is 0 Å². The highest BCUT2D eigenvalue weighted by molar-refractivity contribution is 7.99. The second-order valence-electron chi connectivity index (χ2n) is 3.42. The highest BCUT2D eigenvalue weighted by Gasteiger charge is 2.04. The molecular formula is C13H9FN2S. The van der Waals surface area contributed by atoms with E-state index in [0.29, 0.717) is 11.3 Å². The predicted molar refractivity (Wildman–Crippen MR) is 66.1 cm³/mol. The van der Waals surface area contributed by atoms with Gasteiger partial charge in [0.25, 0.3) is 0 Å². The number of rotatable bonds is 2. The number of nitrogens with zero attached hydrogens (tertiary/aromatic N) is 1. The third-order valence-electron chi connectivity index (χ3n) is 2.17. The van der Waals surface area contributed by atoms with Gasteiger partial charge in [-0.1, -0.05) is 17.8 Å². The van der Waals surface area contributed by atoms with Gasteiger partial charge in [0.2, 0.25) is 0 Å². The molecule has 0 bridgehead atoms. The second-order valence-corrected chi connectivity index (χ2v) is 4.54. The van der Waals surface area contributed by atoms with Crippen LogP contribution >= 0.6 is 11.8 Å². The monoisotopic (exact) mass is 244 g/mol. The minimum Gasteiger partial charge on any atom is -0.398 e. The average molecular weight is 244 g/mol. The average Bonchev–Trinajstić information content (AvgIpc) is 2.32. The fourth-order valence-electron chi connectivity index (χ4n) is 1.35. The third kappa shape index (κ3) is 2.77. The summed E-state index contributed by atoms with van der Waals surface area (Å²) in [5.74, 6) is -0.287. The van der Waals surface area contributed by atoms with E-state index in [1.807, 2.05) is 6.07 Å².